The summed E-state index contributed by atoms with van der Waals surface area (Å²) in [7, 11) is 0. The van der Waals surface area contributed by atoms with E-state index in [4.69, 9.17) is 4.98 Å². The van der Waals surface area contributed by atoms with Crippen LogP contribution in [0.4, 0.5) is 0 Å². The number of nitrogens with one attached hydrogen (secondary N) is 1. The predicted molar refractivity (Wildman–Crippen MR) is 127 cm³/mol. The molecule has 7 nitrogen and oxygen atoms in total. The van der Waals surface area contributed by atoms with Crippen molar-refractivity contribution in [2.45, 2.75) is 52.0 Å². The van der Waals surface area contributed by atoms with Gasteiger partial charge in [0.15, 0.2) is 5.82 Å². The van der Waals surface area contributed by atoms with Gasteiger partial charge in [0.05, 0.1) is 11.2 Å². The molecule has 7 heteroatoms. The van der Waals surface area contributed by atoms with Crippen LogP contribution in [0.3, 0.4) is 0 Å². The van der Waals surface area contributed by atoms with E-state index in [0.29, 0.717) is 23.5 Å². The van der Waals surface area contributed by atoms with Crippen LogP contribution >= 0.6 is 0 Å². The van der Waals surface area contributed by atoms with Gasteiger partial charge in [0.1, 0.15) is 11.3 Å². The van der Waals surface area contributed by atoms with E-state index in [-0.39, 0.29) is 5.78 Å². The molecular formula is C26H28N6O. The van der Waals surface area contributed by atoms with E-state index < -0.39 is 5.54 Å². The molecule has 33 heavy (non-hydrogen) atoms. The van der Waals surface area contributed by atoms with Gasteiger partial charge < -0.3 is 9.72 Å². The van der Waals surface area contributed by atoms with Crippen molar-refractivity contribution in [3.05, 3.63) is 77.3 Å². The molecule has 0 aliphatic carbocycles. The maximum absolute atomic E-state index is 14.2. The highest BCUT2D eigenvalue weighted by Gasteiger charge is 2.42. The Bertz CT molecular complexity index is 1320. The Hall–Kier alpha value is -3.45. The van der Waals surface area contributed by atoms with Gasteiger partial charge in [-0.25, -0.2) is 19.9 Å². The lowest BCUT2D eigenvalue weighted by Crippen LogP contribution is -2.56. The van der Waals surface area contributed by atoms with Crippen LogP contribution in [0.25, 0.3) is 17.0 Å². The Morgan fingerprint density at radius 3 is 2.67 bits per heavy atom. The molecule has 0 bridgehead atoms. The Morgan fingerprint density at radius 2 is 1.91 bits per heavy atom. The highest BCUT2D eigenvalue weighted by atomic mass is 16.1. The third-order valence-electron chi connectivity index (χ3n) is 6.66. The summed E-state index contributed by atoms with van der Waals surface area (Å²) in [4.78, 5) is 32.6. The summed E-state index contributed by atoms with van der Waals surface area (Å²) in [5.41, 5.74) is 5.33. The second kappa shape index (κ2) is 8.48. The number of Topliss-reactive ketones (excluding diaryl/α,β-unsaturated/α-hetero) is 1. The van der Waals surface area contributed by atoms with E-state index in [2.05, 4.69) is 40.2 Å². The molecule has 1 fully saturated rings. The lowest BCUT2D eigenvalue weighted by Gasteiger charge is -2.36. The van der Waals surface area contributed by atoms with Crippen LogP contribution in [-0.4, -0.2) is 42.2 Å². The first-order chi connectivity index (χ1) is 16.0. The summed E-state index contributed by atoms with van der Waals surface area (Å²) in [5.74, 6) is 0.497. The molecule has 1 atom stereocenters. The van der Waals surface area contributed by atoms with Gasteiger partial charge in [0.2, 0.25) is 5.78 Å². The number of carbonyl (C=O) groups excluding carboxylic acids is 1. The molecule has 0 radical (unpaired) electrons. The van der Waals surface area contributed by atoms with Gasteiger partial charge in [-0.3, -0.25) is 4.79 Å². The van der Waals surface area contributed by atoms with Gasteiger partial charge in [0.25, 0.3) is 0 Å². The fourth-order valence-electron chi connectivity index (χ4n) is 4.69. The molecule has 5 rings (SSSR count). The van der Waals surface area contributed by atoms with Crippen LogP contribution in [0.2, 0.25) is 0 Å². The number of carbonyl (C=O) groups is 1. The zero-order valence-electron chi connectivity index (χ0n) is 19.3. The van der Waals surface area contributed by atoms with Crippen LogP contribution in [0.5, 0.6) is 0 Å². The Balaban J connectivity index is 1.58. The fourth-order valence-corrected chi connectivity index (χ4v) is 4.69. The summed E-state index contributed by atoms with van der Waals surface area (Å²) in [5, 5.41) is 3.57. The molecule has 0 saturated carbocycles. The zero-order chi connectivity index (χ0) is 23.0. The van der Waals surface area contributed by atoms with Crippen molar-refractivity contribution in [3.8, 4) is 11.4 Å². The molecule has 0 spiro atoms. The average molecular weight is 441 g/mol. The van der Waals surface area contributed by atoms with Crippen LogP contribution in [0, 0.1) is 20.8 Å². The van der Waals surface area contributed by atoms with Crippen LogP contribution in [0.15, 0.2) is 49.1 Å². The highest BCUT2D eigenvalue weighted by molar-refractivity contribution is 6.06. The van der Waals surface area contributed by atoms with Gasteiger partial charge >= 0.3 is 0 Å². The molecule has 1 aliphatic rings. The summed E-state index contributed by atoms with van der Waals surface area (Å²) in [6, 6.07) is 7.66. The minimum Gasteiger partial charge on any atom is -0.307 e. The normalized spacial score (nSPS) is 18.5. The number of rotatable bonds is 5. The molecule has 5 heterocycles. The number of aryl methyl sites for hydroxylation is 3. The molecule has 0 amide bonds. The molecule has 0 unspecified atom stereocenters. The van der Waals surface area contributed by atoms with Gasteiger partial charge in [0, 0.05) is 42.5 Å². The quantitative estimate of drug-likeness (QED) is 0.471. The van der Waals surface area contributed by atoms with E-state index >= 15 is 0 Å². The maximum atomic E-state index is 14.2. The van der Waals surface area contributed by atoms with Crippen LogP contribution < -0.4 is 5.32 Å². The van der Waals surface area contributed by atoms with E-state index in [1.54, 1.807) is 18.5 Å². The smallest absolute Gasteiger partial charge is 0.202 e. The zero-order valence-corrected chi connectivity index (χ0v) is 19.3. The number of fused-ring (bicyclic) bond motifs is 1. The van der Waals surface area contributed by atoms with Crippen molar-refractivity contribution in [1.82, 2.24) is 29.7 Å². The Morgan fingerprint density at radius 1 is 1.09 bits per heavy atom. The van der Waals surface area contributed by atoms with Crippen LogP contribution in [0.1, 0.15) is 52.3 Å². The second-order valence-electron chi connectivity index (χ2n) is 8.98. The first kappa shape index (κ1) is 21.4. The van der Waals surface area contributed by atoms with E-state index in [1.165, 1.54) is 5.56 Å². The minimum absolute atomic E-state index is 0.0155. The Kier molecular flexibility index (Phi) is 5.50. The van der Waals surface area contributed by atoms with Crippen molar-refractivity contribution < 1.29 is 4.79 Å². The summed E-state index contributed by atoms with van der Waals surface area (Å²) >= 11 is 0. The molecule has 4 aromatic heterocycles. The lowest BCUT2D eigenvalue weighted by atomic mass is 9.79. The van der Waals surface area contributed by atoms with Gasteiger partial charge in [-0.15, -0.1) is 0 Å². The first-order valence-electron chi connectivity index (χ1n) is 11.5. The molecule has 0 aromatic carbocycles. The highest BCUT2D eigenvalue weighted by Crippen LogP contribution is 2.31. The number of hydrogen-bond acceptors (Lipinski definition) is 6. The second-order valence-corrected chi connectivity index (χ2v) is 8.98. The molecule has 1 aliphatic heterocycles. The predicted octanol–water partition coefficient (Wildman–Crippen LogP) is 4.05. The lowest BCUT2D eigenvalue weighted by molar-refractivity contribution is 0.0805. The van der Waals surface area contributed by atoms with Crippen LogP contribution in [-0.2, 0) is 6.42 Å². The SMILES string of the molecule is Cc1ccc(-c2ncccn2)c(C(=O)[C@@]2(Cc3cn4ccc(C)c(C)c4n3)CCCCN2)n1. The Labute approximate surface area is 193 Å². The van der Waals surface area contributed by atoms with Crippen molar-refractivity contribution >= 4 is 11.4 Å². The van der Waals surface area contributed by atoms with E-state index in [0.717, 1.165) is 48.4 Å². The topological polar surface area (TPSA) is 85.1 Å². The van der Waals surface area contributed by atoms with Gasteiger partial charge in [-0.1, -0.05) is 0 Å². The molecule has 1 saturated heterocycles. The summed E-state index contributed by atoms with van der Waals surface area (Å²) in [6.07, 6.45) is 10.7. The van der Waals surface area contributed by atoms with Gasteiger partial charge in [-0.2, -0.15) is 0 Å². The monoisotopic (exact) mass is 440 g/mol. The fraction of sp³-hybridized carbons (Fsp3) is 0.346. The van der Waals surface area contributed by atoms with Gasteiger partial charge in [-0.05, 0) is 82.0 Å². The largest absolute Gasteiger partial charge is 0.307 e. The number of imidazole rings is 1. The van der Waals surface area contributed by atoms with Crippen molar-refractivity contribution in [2.75, 3.05) is 6.54 Å². The van der Waals surface area contributed by atoms with E-state index in [9.17, 15) is 4.79 Å². The summed E-state index contributed by atoms with van der Waals surface area (Å²) in [6.45, 7) is 6.87. The third kappa shape index (κ3) is 3.93. The molecule has 1 N–H and O–H groups in total. The standard InChI is InChI=1S/C26H28N6O/c1-17-9-14-32-16-20(31-25(32)19(17)3)15-26(10-4-5-13-29-26)23(33)22-21(8-7-18(2)30-22)24-27-11-6-12-28-24/h6-9,11-12,14,16,29H,4-5,10,13,15H2,1-3H3/t26-/m0/s1. The molecular weight excluding hydrogens is 412 g/mol. The number of nitrogens with zero attached hydrogens (tertiary/aromatic N) is 5. The molecule has 168 valence electrons. The average Bonchev–Trinajstić information content (AvgIpc) is 3.25. The number of pyridine rings is 2. The number of hydrogen-bond donors (Lipinski definition) is 1. The van der Waals surface area contributed by atoms with Crippen molar-refractivity contribution in [3.63, 3.8) is 0 Å². The van der Waals surface area contributed by atoms with Crippen molar-refractivity contribution in [2.24, 2.45) is 0 Å². The number of piperidine rings is 1. The number of ketones is 1. The molecule has 4 aromatic rings. The van der Waals surface area contributed by atoms with E-state index in [1.807, 2.05) is 35.9 Å². The third-order valence-corrected chi connectivity index (χ3v) is 6.66. The minimum atomic E-state index is -0.760. The maximum Gasteiger partial charge on any atom is 0.202 e. The summed E-state index contributed by atoms with van der Waals surface area (Å²) < 4.78 is 2.05. The first-order valence-corrected chi connectivity index (χ1v) is 11.5. The number of aromatic nitrogens is 5. The van der Waals surface area contributed by atoms with Crippen molar-refractivity contribution in [1.29, 1.82) is 0 Å².